The summed E-state index contributed by atoms with van der Waals surface area (Å²) in [6.07, 6.45) is 2.74. The number of hydrogen-bond donors (Lipinski definition) is 1. The van der Waals surface area contributed by atoms with Gasteiger partial charge in [-0.1, -0.05) is 31.2 Å². The van der Waals surface area contributed by atoms with Crippen molar-refractivity contribution in [2.24, 2.45) is 5.92 Å². The third kappa shape index (κ3) is 1.76. The Labute approximate surface area is 89.9 Å². The summed E-state index contributed by atoms with van der Waals surface area (Å²) in [4.78, 5) is 11.1. The molecule has 0 radical (unpaired) electrons. The van der Waals surface area contributed by atoms with Crippen molar-refractivity contribution in [1.29, 1.82) is 0 Å². The molecule has 0 saturated heterocycles. The molecule has 1 aliphatic rings. The van der Waals surface area contributed by atoms with E-state index in [2.05, 4.69) is 12.1 Å². The first-order chi connectivity index (χ1) is 7.24. The Bertz CT molecular complexity index is 371. The molecule has 0 bridgehead atoms. The maximum Gasteiger partial charge on any atom is 0.307 e. The molecule has 1 unspecified atom stereocenters. The van der Waals surface area contributed by atoms with Crippen molar-refractivity contribution < 1.29 is 9.90 Å². The van der Waals surface area contributed by atoms with Crippen LogP contribution in [0.25, 0.3) is 0 Å². The van der Waals surface area contributed by atoms with E-state index >= 15 is 0 Å². The molecular weight excluding hydrogens is 188 g/mol. The van der Waals surface area contributed by atoms with Gasteiger partial charge in [-0.2, -0.15) is 0 Å². The molecule has 2 rings (SSSR count). The Morgan fingerprint density at radius 1 is 1.53 bits per heavy atom. The predicted molar refractivity (Wildman–Crippen MR) is 58.9 cm³/mol. The van der Waals surface area contributed by atoms with Gasteiger partial charge >= 0.3 is 5.97 Å². The molecule has 80 valence electrons. The van der Waals surface area contributed by atoms with E-state index in [9.17, 15) is 4.79 Å². The number of carbonyl (C=O) groups is 1. The van der Waals surface area contributed by atoms with E-state index in [4.69, 9.17) is 5.11 Å². The van der Waals surface area contributed by atoms with Crippen LogP contribution in [-0.2, 0) is 11.2 Å². The van der Waals surface area contributed by atoms with Crippen LogP contribution in [0.4, 0.5) is 0 Å². The van der Waals surface area contributed by atoms with Gasteiger partial charge in [0.15, 0.2) is 0 Å². The number of aryl methyl sites for hydroxylation is 1. The molecule has 2 nitrogen and oxygen atoms in total. The summed E-state index contributed by atoms with van der Waals surface area (Å²) < 4.78 is 0. The lowest BCUT2D eigenvalue weighted by molar-refractivity contribution is -0.142. The molecule has 2 heteroatoms. The summed E-state index contributed by atoms with van der Waals surface area (Å²) in [5.41, 5.74) is 2.59. The van der Waals surface area contributed by atoms with Crippen LogP contribution in [0.15, 0.2) is 24.3 Å². The number of hydrogen-bond acceptors (Lipinski definition) is 1. The van der Waals surface area contributed by atoms with Crippen LogP contribution in [0.3, 0.4) is 0 Å². The zero-order chi connectivity index (χ0) is 10.8. The van der Waals surface area contributed by atoms with Gasteiger partial charge in [-0.3, -0.25) is 4.79 Å². The number of benzene rings is 1. The second-order valence-electron chi connectivity index (χ2n) is 4.20. The van der Waals surface area contributed by atoms with Gasteiger partial charge in [0.25, 0.3) is 0 Å². The van der Waals surface area contributed by atoms with E-state index in [1.807, 2.05) is 19.1 Å². The van der Waals surface area contributed by atoms with Crippen molar-refractivity contribution in [3.8, 4) is 0 Å². The average Bonchev–Trinajstić information content (AvgIpc) is 2.63. The molecule has 1 aromatic carbocycles. The molecule has 0 aliphatic heterocycles. The zero-order valence-electron chi connectivity index (χ0n) is 8.94. The highest BCUT2D eigenvalue weighted by molar-refractivity contribution is 5.71. The molecule has 15 heavy (non-hydrogen) atoms. The smallest absolute Gasteiger partial charge is 0.307 e. The molecule has 0 aromatic heterocycles. The van der Waals surface area contributed by atoms with Crippen molar-refractivity contribution in [1.82, 2.24) is 0 Å². The van der Waals surface area contributed by atoms with Crippen LogP contribution in [0.1, 0.15) is 36.8 Å². The number of aliphatic carboxylic acids is 1. The summed E-state index contributed by atoms with van der Waals surface area (Å²) in [7, 11) is 0. The van der Waals surface area contributed by atoms with Gasteiger partial charge in [0.1, 0.15) is 0 Å². The molecule has 1 aliphatic carbocycles. The summed E-state index contributed by atoms with van der Waals surface area (Å²) in [5, 5.41) is 9.16. The number of fused-ring (bicyclic) bond motifs is 1. The highest BCUT2D eigenvalue weighted by Crippen LogP contribution is 2.39. The van der Waals surface area contributed by atoms with Crippen LogP contribution in [0, 0.1) is 5.92 Å². The molecule has 0 heterocycles. The maximum absolute atomic E-state index is 11.1. The number of carboxylic acid groups (broad SMARTS) is 1. The van der Waals surface area contributed by atoms with Crippen molar-refractivity contribution in [3.63, 3.8) is 0 Å². The zero-order valence-corrected chi connectivity index (χ0v) is 8.94. The lowest BCUT2D eigenvalue weighted by atomic mass is 9.85. The van der Waals surface area contributed by atoms with Crippen LogP contribution >= 0.6 is 0 Å². The average molecular weight is 204 g/mol. The Morgan fingerprint density at radius 3 is 2.93 bits per heavy atom. The molecule has 0 saturated carbocycles. The first-order valence-electron chi connectivity index (χ1n) is 5.54. The number of carboxylic acids is 1. The van der Waals surface area contributed by atoms with Crippen molar-refractivity contribution in [2.45, 2.75) is 32.1 Å². The van der Waals surface area contributed by atoms with E-state index in [-0.39, 0.29) is 11.8 Å². The summed E-state index contributed by atoms with van der Waals surface area (Å²) >= 11 is 0. The Hall–Kier alpha value is -1.31. The Morgan fingerprint density at radius 2 is 2.27 bits per heavy atom. The topological polar surface area (TPSA) is 37.3 Å². The normalized spacial score (nSPS) is 21.0. The van der Waals surface area contributed by atoms with Crippen LogP contribution in [-0.4, -0.2) is 11.1 Å². The fourth-order valence-electron chi connectivity index (χ4n) is 2.64. The Kier molecular flexibility index (Phi) is 2.76. The second kappa shape index (κ2) is 4.05. The summed E-state index contributed by atoms with van der Waals surface area (Å²) in [6.45, 7) is 1.96. The van der Waals surface area contributed by atoms with Gasteiger partial charge < -0.3 is 5.11 Å². The van der Waals surface area contributed by atoms with Crippen LogP contribution in [0.2, 0.25) is 0 Å². The van der Waals surface area contributed by atoms with Gasteiger partial charge in [-0.25, -0.2) is 0 Å². The molecule has 2 atom stereocenters. The lowest BCUT2D eigenvalue weighted by Gasteiger charge is -2.18. The highest BCUT2D eigenvalue weighted by atomic mass is 16.4. The lowest BCUT2D eigenvalue weighted by Crippen LogP contribution is -2.19. The minimum atomic E-state index is -0.654. The highest BCUT2D eigenvalue weighted by Gasteiger charge is 2.32. The first-order valence-corrected chi connectivity index (χ1v) is 5.54. The van der Waals surface area contributed by atoms with Gasteiger partial charge in [-0.15, -0.1) is 0 Å². The molecular formula is C13H16O2. The minimum Gasteiger partial charge on any atom is -0.481 e. The summed E-state index contributed by atoms with van der Waals surface area (Å²) in [5.74, 6) is -0.642. The molecule has 1 aromatic rings. The molecule has 0 fully saturated rings. The van der Waals surface area contributed by atoms with E-state index in [1.165, 1.54) is 11.1 Å². The Balaban J connectivity index is 2.30. The van der Waals surface area contributed by atoms with Gasteiger partial charge in [0.2, 0.25) is 0 Å². The van der Waals surface area contributed by atoms with E-state index in [0.717, 1.165) is 12.8 Å². The van der Waals surface area contributed by atoms with Crippen LogP contribution in [0.5, 0.6) is 0 Å². The fraction of sp³-hybridized carbons (Fsp3) is 0.462. The SMILES string of the molecule is CCC(C(=O)O)[C@H]1CCc2ccccc21. The largest absolute Gasteiger partial charge is 0.481 e. The third-order valence-electron chi connectivity index (χ3n) is 3.42. The van der Waals surface area contributed by atoms with Crippen molar-refractivity contribution >= 4 is 5.97 Å². The molecule has 1 N–H and O–H groups in total. The van der Waals surface area contributed by atoms with E-state index in [1.54, 1.807) is 0 Å². The van der Waals surface area contributed by atoms with Gasteiger partial charge in [0, 0.05) is 0 Å². The quantitative estimate of drug-likeness (QED) is 0.822. The summed E-state index contributed by atoms with van der Waals surface area (Å²) in [6, 6.07) is 8.23. The van der Waals surface area contributed by atoms with E-state index in [0.29, 0.717) is 6.42 Å². The fourth-order valence-corrected chi connectivity index (χ4v) is 2.64. The molecule has 0 amide bonds. The monoisotopic (exact) mass is 204 g/mol. The molecule has 0 spiro atoms. The maximum atomic E-state index is 11.1. The third-order valence-corrected chi connectivity index (χ3v) is 3.42. The second-order valence-corrected chi connectivity index (χ2v) is 4.20. The van der Waals surface area contributed by atoms with Crippen molar-refractivity contribution in [2.75, 3.05) is 0 Å². The standard InChI is InChI=1S/C13H16O2/c1-2-10(13(14)15)12-8-7-9-5-3-4-6-11(9)12/h3-6,10,12H,2,7-8H2,1H3,(H,14,15)/t10?,12-/m1/s1. The number of rotatable bonds is 3. The first kappa shape index (κ1) is 10.2. The van der Waals surface area contributed by atoms with Crippen molar-refractivity contribution in [3.05, 3.63) is 35.4 Å². The van der Waals surface area contributed by atoms with Gasteiger partial charge in [0.05, 0.1) is 5.92 Å². The predicted octanol–water partition coefficient (Wildman–Crippen LogP) is 2.83. The van der Waals surface area contributed by atoms with E-state index < -0.39 is 5.97 Å². The van der Waals surface area contributed by atoms with Crippen LogP contribution < -0.4 is 0 Å². The minimum absolute atomic E-state index is 0.214. The van der Waals surface area contributed by atoms with Gasteiger partial charge in [-0.05, 0) is 36.3 Å².